The summed E-state index contributed by atoms with van der Waals surface area (Å²) in [5.74, 6) is 0.370. The summed E-state index contributed by atoms with van der Waals surface area (Å²) in [4.78, 5) is 18.1. The first-order valence-electron chi connectivity index (χ1n) is 9.73. The number of para-hydroxylation sites is 2. The van der Waals surface area contributed by atoms with Crippen LogP contribution in [0.25, 0.3) is 16.6 Å². The van der Waals surface area contributed by atoms with Crippen LogP contribution in [-0.2, 0) is 0 Å². The van der Waals surface area contributed by atoms with Crippen LogP contribution in [0.3, 0.4) is 0 Å². The van der Waals surface area contributed by atoms with E-state index in [1.54, 1.807) is 16.9 Å². The van der Waals surface area contributed by atoms with Gasteiger partial charge in [-0.1, -0.05) is 47.1 Å². The number of nitrogens with one attached hydrogen (secondary N) is 1. The molecule has 1 saturated heterocycles. The van der Waals surface area contributed by atoms with Gasteiger partial charge in [-0.2, -0.15) is 0 Å². The molecule has 29 heavy (non-hydrogen) atoms. The SMILES string of the molecule is O=C(c1cn(-c2ccccc2Cl)nn1)N1CCC(c2c[nH]c3ccccc23)CC1. The molecule has 0 radical (unpaired) electrons. The normalized spacial score (nSPS) is 15.1. The maximum absolute atomic E-state index is 12.9. The number of piperidine rings is 1. The van der Waals surface area contributed by atoms with Crippen LogP contribution in [0.1, 0.15) is 34.8 Å². The molecule has 2 aromatic heterocycles. The van der Waals surface area contributed by atoms with E-state index in [-0.39, 0.29) is 5.91 Å². The zero-order valence-corrected chi connectivity index (χ0v) is 16.5. The highest BCUT2D eigenvalue weighted by molar-refractivity contribution is 6.32. The van der Waals surface area contributed by atoms with Crippen molar-refractivity contribution in [3.63, 3.8) is 0 Å². The molecule has 0 unspecified atom stereocenters. The van der Waals surface area contributed by atoms with Gasteiger partial charge in [0.1, 0.15) is 0 Å². The molecule has 0 atom stereocenters. The zero-order valence-electron chi connectivity index (χ0n) is 15.8. The Morgan fingerprint density at radius 2 is 1.83 bits per heavy atom. The number of benzene rings is 2. The number of halogens is 1. The van der Waals surface area contributed by atoms with Gasteiger partial charge >= 0.3 is 0 Å². The number of fused-ring (bicyclic) bond motifs is 1. The van der Waals surface area contributed by atoms with Gasteiger partial charge in [-0.15, -0.1) is 5.10 Å². The number of carbonyl (C=O) groups is 1. The quantitative estimate of drug-likeness (QED) is 0.548. The lowest BCUT2D eigenvalue weighted by Crippen LogP contribution is -2.38. The van der Waals surface area contributed by atoms with E-state index >= 15 is 0 Å². The van der Waals surface area contributed by atoms with Gasteiger partial charge in [0.15, 0.2) is 5.69 Å². The van der Waals surface area contributed by atoms with Crippen LogP contribution in [-0.4, -0.2) is 43.9 Å². The van der Waals surface area contributed by atoms with Gasteiger partial charge in [-0.3, -0.25) is 4.79 Å². The number of rotatable bonds is 3. The topological polar surface area (TPSA) is 66.8 Å². The van der Waals surface area contributed by atoms with Crippen molar-refractivity contribution in [3.8, 4) is 5.69 Å². The van der Waals surface area contributed by atoms with Crippen molar-refractivity contribution in [3.05, 3.63) is 77.2 Å². The number of likely N-dealkylation sites (tertiary alicyclic amines) is 1. The smallest absolute Gasteiger partial charge is 0.276 e. The molecule has 0 saturated carbocycles. The van der Waals surface area contributed by atoms with Crippen LogP contribution >= 0.6 is 11.6 Å². The van der Waals surface area contributed by atoms with Crippen molar-refractivity contribution in [2.24, 2.45) is 0 Å². The molecule has 1 aliphatic rings. The second-order valence-electron chi connectivity index (χ2n) is 7.36. The summed E-state index contributed by atoms with van der Waals surface area (Å²) in [5, 5.41) is 10.0. The van der Waals surface area contributed by atoms with Gasteiger partial charge in [-0.05, 0) is 42.5 Å². The summed E-state index contributed by atoms with van der Waals surface area (Å²) in [6, 6.07) is 15.7. The Balaban J connectivity index is 1.29. The Morgan fingerprint density at radius 3 is 2.66 bits per heavy atom. The van der Waals surface area contributed by atoms with E-state index in [2.05, 4.69) is 39.7 Å². The summed E-state index contributed by atoms with van der Waals surface area (Å²) < 4.78 is 1.55. The predicted octanol–water partition coefficient (Wildman–Crippen LogP) is 4.42. The van der Waals surface area contributed by atoms with Crippen molar-refractivity contribution in [2.45, 2.75) is 18.8 Å². The van der Waals surface area contributed by atoms with Gasteiger partial charge in [0.2, 0.25) is 0 Å². The van der Waals surface area contributed by atoms with Crippen LogP contribution in [0.15, 0.2) is 60.9 Å². The maximum Gasteiger partial charge on any atom is 0.276 e. The van der Waals surface area contributed by atoms with Crippen molar-refractivity contribution < 1.29 is 4.79 Å². The minimum atomic E-state index is -0.0827. The fraction of sp³-hybridized carbons (Fsp3) is 0.227. The number of carbonyl (C=O) groups excluding carboxylic acids is 1. The Hall–Kier alpha value is -3.12. The number of H-pyrrole nitrogens is 1. The van der Waals surface area contributed by atoms with E-state index < -0.39 is 0 Å². The summed E-state index contributed by atoms with van der Waals surface area (Å²) in [6.45, 7) is 1.42. The molecule has 0 aliphatic carbocycles. The fourth-order valence-electron chi connectivity index (χ4n) is 4.10. The van der Waals surface area contributed by atoms with Gasteiger partial charge in [0, 0.05) is 30.2 Å². The van der Waals surface area contributed by atoms with Gasteiger partial charge in [0.25, 0.3) is 5.91 Å². The first-order chi connectivity index (χ1) is 14.2. The summed E-state index contributed by atoms with van der Waals surface area (Å²) in [7, 11) is 0. The van der Waals surface area contributed by atoms with E-state index in [1.807, 2.05) is 29.2 Å². The monoisotopic (exact) mass is 405 g/mol. The molecule has 4 aromatic rings. The number of hydrogen-bond acceptors (Lipinski definition) is 3. The van der Waals surface area contributed by atoms with Crippen molar-refractivity contribution in [2.75, 3.05) is 13.1 Å². The first kappa shape index (κ1) is 17.9. The summed E-state index contributed by atoms with van der Waals surface area (Å²) in [5.41, 5.74) is 3.56. The Kier molecular flexibility index (Phi) is 4.56. The number of aromatic nitrogens is 4. The summed E-state index contributed by atoms with van der Waals surface area (Å²) >= 11 is 6.22. The van der Waals surface area contributed by atoms with Crippen molar-refractivity contribution in [1.82, 2.24) is 24.9 Å². The number of amides is 1. The average molecular weight is 406 g/mol. The molecule has 3 heterocycles. The molecule has 1 fully saturated rings. The molecule has 0 bridgehead atoms. The molecule has 1 amide bonds. The molecule has 5 rings (SSSR count). The van der Waals surface area contributed by atoms with E-state index in [0.717, 1.165) is 18.4 Å². The van der Waals surface area contributed by atoms with Crippen LogP contribution in [0.2, 0.25) is 5.02 Å². The number of aromatic amines is 1. The molecule has 2 aromatic carbocycles. The average Bonchev–Trinajstić information content (AvgIpc) is 3.41. The lowest BCUT2D eigenvalue weighted by atomic mass is 9.89. The van der Waals surface area contributed by atoms with Crippen molar-refractivity contribution >= 4 is 28.4 Å². The van der Waals surface area contributed by atoms with Gasteiger partial charge in [0.05, 0.1) is 16.9 Å². The molecule has 1 aliphatic heterocycles. The standard InChI is InChI=1S/C22H20ClN5O/c23-18-6-2-4-8-21(18)28-14-20(25-26-28)22(29)27-11-9-15(10-12-27)17-13-24-19-7-3-1-5-16(17)19/h1-8,13-15,24H,9-12H2. The third kappa shape index (κ3) is 3.29. The van der Waals surface area contributed by atoms with Crippen LogP contribution in [0.5, 0.6) is 0 Å². The summed E-state index contributed by atoms with van der Waals surface area (Å²) in [6.07, 6.45) is 5.63. The van der Waals surface area contributed by atoms with Crippen LogP contribution < -0.4 is 0 Å². The van der Waals surface area contributed by atoms with E-state index in [9.17, 15) is 4.79 Å². The first-order valence-corrected chi connectivity index (χ1v) is 10.1. The van der Waals surface area contributed by atoms with E-state index in [4.69, 9.17) is 11.6 Å². The van der Waals surface area contributed by atoms with Gasteiger partial charge in [-0.25, -0.2) is 4.68 Å². The highest BCUT2D eigenvalue weighted by Gasteiger charge is 2.27. The number of nitrogens with zero attached hydrogens (tertiary/aromatic N) is 4. The molecule has 6 nitrogen and oxygen atoms in total. The molecule has 1 N–H and O–H groups in total. The Bertz CT molecular complexity index is 1170. The predicted molar refractivity (Wildman–Crippen MR) is 113 cm³/mol. The zero-order chi connectivity index (χ0) is 19.8. The minimum absolute atomic E-state index is 0.0827. The highest BCUT2D eigenvalue weighted by Crippen LogP contribution is 2.33. The molecule has 0 spiro atoms. The minimum Gasteiger partial charge on any atom is -0.361 e. The number of hydrogen-bond donors (Lipinski definition) is 1. The van der Waals surface area contributed by atoms with Crippen LogP contribution in [0.4, 0.5) is 0 Å². The van der Waals surface area contributed by atoms with E-state index in [0.29, 0.717) is 35.4 Å². The third-order valence-electron chi connectivity index (χ3n) is 5.66. The lowest BCUT2D eigenvalue weighted by Gasteiger charge is -2.31. The molecular formula is C22H20ClN5O. The fourth-order valence-corrected chi connectivity index (χ4v) is 4.33. The molecule has 7 heteroatoms. The highest BCUT2D eigenvalue weighted by atomic mass is 35.5. The second-order valence-corrected chi connectivity index (χ2v) is 7.76. The lowest BCUT2D eigenvalue weighted by molar-refractivity contribution is 0.0707. The largest absolute Gasteiger partial charge is 0.361 e. The molecular weight excluding hydrogens is 386 g/mol. The van der Waals surface area contributed by atoms with Gasteiger partial charge < -0.3 is 9.88 Å². The Morgan fingerprint density at radius 1 is 1.07 bits per heavy atom. The van der Waals surface area contributed by atoms with Crippen LogP contribution in [0, 0.1) is 0 Å². The van der Waals surface area contributed by atoms with Crippen molar-refractivity contribution in [1.29, 1.82) is 0 Å². The molecule has 146 valence electrons. The third-order valence-corrected chi connectivity index (χ3v) is 5.97. The van der Waals surface area contributed by atoms with E-state index in [1.165, 1.54) is 10.9 Å². The maximum atomic E-state index is 12.9. The second kappa shape index (κ2) is 7.37. The Labute approximate surface area is 173 Å².